The molecule has 0 bridgehead atoms. The molecular weight excluding hydrogens is 456 g/mol. The molecule has 1 aromatic carbocycles. The van der Waals surface area contributed by atoms with Crippen LogP contribution in [0.15, 0.2) is 30.5 Å². The van der Waals surface area contributed by atoms with Gasteiger partial charge >= 0.3 is 5.97 Å². The van der Waals surface area contributed by atoms with Crippen molar-refractivity contribution >= 4 is 40.5 Å². The zero-order chi connectivity index (χ0) is 26.1. The van der Waals surface area contributed by atoms with Gasteiger partial charge in [-0.15, -0.1) is 0 Å². The highest BCUT2D eigenvalue weighted by Crippen LogP contribution is 2.19. The van der Waals surface area contributed by atoms with Gasteiger partial charge in [0, 0.05) is 29.9 Å². The largest absolute Gasteiger partial charge is 0.480 e. The molecule has 2 aromatic rings. The van der Waals surface area contributed by atoms with Crippen molar-refractivity contribution in [2.75, 3.05) is 6.54 Å². The number of amides is 4. The average Bonchev–Trinajstić information content (AvgIpc) is 3.21. The molecule has 0 saturated heterocycles. The van der Waals surface area contributed by atoms with Crippen LogP contribution in [-0.4, -0.2) is 64.4 Å². The van der Waals surface area contributed by atoms with Crippen molar-refractivity contribution in [3.8, 4) is 0 Å². The Hall–Kier alpha value is -3.93. The van der Waals surface area contributed by atoms with Crippen LogP contribution in [0.5, 0.6) is 0 Å². The number of para-hydroxylation sites is 1. The fourth-order valence-corrected chi connectivity index (χ4v) is 3.50. The molecule has 3 unspecified atom stereocenters. The van der Waals surface area contributed by atoms with Crippen molar-refractivity contribution in [3.05, 3.63) is 36.0 Å². The van der Waals surface area contributed by atoms with Crippen LogP contribution in [0.3, 0.4) is 0 Å². The monoisotopic (exact) mass is 488 g/mol. The normalized spacial score (nSPS) is 13.6. The number of carboxylic acids is 1. The van der Waals surface area contributed by atoms with E-state index < -0.39 is 54.3 Å². The summed E-state index contributed by atoms with van der Waals surface area (Å²) < 4.78 is 0. The first kappa shape index (κ1) is 27.3. The maximum Gasteiger partial charge on any atom is 0.322 e. The van der Waals surface area contributed by atoms with Crippen molar-refractivity contribution in [2.45, 2.75) is 51.2 Å². The van der Waals surface area contributed by atoms with Crippen LogP contribution in [0.4, 0.5) is 0 Å². The minimum Gasteiger partial charge on any atom is -0.480 e. The summed E-state index contributed by atoms with van der Waals surface area (Å²) >= 11 is 0. The highest BCUT2D eigenvalue weighted by molar-refractivity contribution is 5.94. The fraction of sp³-hybridized carbons (Fsp3) is 0.435. The summed E-state index contributed by atoms with van der Waals surface area (Å²) in [5.74, 6) is -4.14. The van der Waals surface area contributed by atoms with Crippen LogP contribution in [0.25, 0.3) is 10.9 Å². The van der Waals surface area contributed by atoms with E-state index in [9.17, 15) is 24.0 Å². The maximum atomic E-state index is 13.1. The van der Waals surface area contributed by atoms with Gasteiger partial charge < -0.3 is 37.5 Å². The molecule has 4 amide bonds. The van der Waals surface area contributed by atoms with Crippen molar-refractivity contribution in [1.29, 1.82) is 0 Å². The molecule has 0 saturated carbocycles. The minimum absolute atomic E-state index is 0.0222. The molecule has 3 atom stereocenters. The molecule has 0 aliphatic rings. The number of nitrogens with one attached hydrogen (secondary N) is 4. The van der Waals surface area contributed by atoms with E-state index >= 15 is 0 Å². The lowest BCUT2D eigenvalue weighted by Gasteiger charge is -2.26. The van der Waals surface area contributed by atoms with Crippen molar-refractivity contribution in [1.82, 2.24) is 20.9 Å². The van der Waals surface area contributed by atoms with Crippen LogP contribution in [0.2, 0.25) is 0 Å². The maximum absolute atomic E-state index is 13.1. The Morgan fingerprint density at radius 1 is 1.03 bits per heavy atom. The predicted octanol–water partition coefficient (Wildman–Crippen LogP) is -0.870. The molecule has 0 aliphatic carbocycles. The Morgan fingerprint density at radius 3 is 2.34 bits per heavy atom. The summed E-state index contributed by atoms with van der Waals surface area (Å²) in [6.07, 6.45) is 1.74. The number of aromatic nitrogens is 1. The minimum atomic E-state index is -1.23. The van der Waals surface area contributed by atoms with E-state index in [1.165, 1.54) is 0 Å². The van der Waals surface area contributed by atoms with Gasteiger partial charge in [-0.3, -0.25) is 24.0 Å². The first-order valence-electron chi connectivity index (χ1n) is 11.2. The number of carbonyl (C=O) groups excluding carboxylic acids is 4. The Morgan fingerprint density at radius 2 is 1.71 bits per heavy atom. The molecule has 0 aliphatic heterocycles. The van der Waals surface area contributed by atoms with E-state index in [1.54, 1.807) is 20.0 Å². The number of carbonyl (C=O) groups is 5. The highest BCUT2D eigenvalue weighted by atomic mass is 16.4. The molecular formula is C23H32N6O6. The Kier molecular flexibility index (Phi) is 9.76. The first-order valence-corrected chi connectivity index (χ1v) is 11.2. The molecule has 2 rings (SSSR count). The topological polar surface area (TPSA) is 209 Å². The van der Waals surface area contributed by atoms with Crippen molar-refractivity contribution in [2.24, 2.45) is 17.4 Å². The number of aromatic amines is 1. The number of fused-ring (bicyclic) bond motifs is 1. The molecule has 0 spiro atoms. The number of aliphatic carboxylic acids is 1. The van der Waals surface area contributed by atoms with E-state index in [0.29, 0.717) is 0 Å². The number of hydrogen-bond acceptors (Lipinski definition) is 6. The van der Waals surface area contributed by atoms with E-state index in [1.807, 2.05) is 24.3 Å². The van der Waals surface area contributed by atoms with Crippen LogP contribution < -0.4 is 27.4 Å². The second-order valence-corrected chi connectivity index (χ2v) is 8.58. The Bertz CT molecular complexity index is 1080. The zero-order valence-electron chi connectivity index (χ0n) is 19.7. The molecule has 1 heterocycles. The summed E-state index contributed by atoms with van der Waals surface area (Å²) in [6.45, 7) is 2.80. The number of carboxylic acid groups (broad SMARTS) is 1. The van der Waals surface area contributed by atoms with Gasteiger partial charge in [-0.25, -0.2) is 0 Å². The van der Waals surface area contributed by atoms with Crippen LogP contribution in [0.1, 0.15) is 32.3 Å². The number of rotatable bonds is 13. The van der Waals surface area contributed by atoms with Crippen LogP contribution in [-0.2, 0) is 30.4 Å². The molecule has 9 N–H and O–H groups in total. The molecule has 12 nitrogen and oxygen atoms in total. The standard InChI is InChI=1S/C23H32N6O6/c1-12(2)20(29-21(33)15(24)7-8-18(25)30)23(35)28-17(22(34)27-11-19(31)32)9-13-10-26-16-6-4-3-5-14(13)16/h3-6,10,12,15,17,20,26H,7-9,11,24H2,1-2H3,(H2,25,30)(H,27,34)(H,28,35)(H,29,33)(H,31,32). The smallest absolute Gasteiger partial charge is 0.322 e. The van der Waals surface area contributed by atoms with Gasteiger partial charge in [0.05, 0.1) is 6.04 Å². The molecule has 190 valence electrons. The van der Waals surface area contributed by atoms with Gasteiger partial charge in [0.15, 0.2) is 0 Å². The van der Waals surface area contributed by atoms with Crippen LogP contribution >= 0.6 is 0 Å². The summed E-state index contributed by atoms with van der Waals surface area (Å²) in [7, 11) is 0. The lowest BCUT2D eigenvalue weighted by molar-refractivity contribution is -0.138. The lowest BCUT2D eigenvalue weighted by Crippen LogP contribution is -2.58. The quantitative estimate of drug-likeness (QED) is 0.189. The van der Waals surface area contributed by atoms with Gasteiger partial charge in [0.2, 0.25) is 23.6 Å². The van der Waals surface area contributed by atoms with Gasteiger partial charge in [0.25, 0.3) is 0 Å². The molecule has 0 radical (unpaired) electrons. The fourth-order valence-electron chi connectivity index (χ4n) is 3.50. The number of nitrogens with two attached hydrogens (primary N) is 2. The SMILES string of the molecule is CC(C)C(NC(=O)C(N)CCC(N)=O)C(=O)NC(Cc1c[nH]c2ccccc12)C(=O)NCC(=O)O. The first-order chi connectivity index (χ1) is 16.5. The predicted molar refractivity (Wildman–Crippen MR) is 128 cm³/mol. The Balaban J connectivity index is 2.19. The molecule has 0 fully saturated rings. The third kappa shape index (κ3) is 8.10. The third-order valence-electron chi connectivity index (χ3n) is 5.43. The zero-order valence-corrected chi connectivity index (χ0v) is 19.7. The summed E-state index contributed by atoms with van der Waals surface area (Å²) in [4.78, 5) is 63.3. The van der Waals surface area contributed by atoms with Crippen molar-refractivity contribution in [3.63, 3.8) is 0 Å². The second kappa shape index (κ2) is 12.5. The molecule has 35 heavy (non-hydrogen) atoms. The Labute approximate surface area is 202 Å². The van der Waals surface area contributed by atoms with E-state index in [0.717, 1.165) is 16.5 Å². The number of hydrogen-bond donors (Lipinski definition) is 7. The van der Waals surface area contributed by atoms with E-state index in [4.69, 9.17) is 16.6 Å². The highest BCUT2D eigenvalue weighted by Gasteiger charge is 2.30. The number of benzene rings is 1. The van der Waals surface area contributed by atoms with E-state index in [-0.39, 0.29) is 25.2 Å². The lowest BCUT2D eigenvalue weighted by atomic mass is 10.00. The average molecular weight is 489 g/mol. The molecule has 1 aromatic heterocycles. The summed E-state index contributed by atoms with van der Waals surface area (Å²) in [5.41, 5.74) is 12.5. The van der Waals surface area contributed by atoms with Gasteiger partial charge in [0.1, 0.15) is 18.6 Å². The summed E-state index contributed by atoms with van der Waals surface area (Å²) in [6, 6.07) is 4.23. The number of primary amides is 1. The van der Waals surface area contributed by atoms with Crippen LogP contribution in [0, 0.1) is 5.92 Å². The van der Waals surface area contributed by atoms with Gasteiger partial charge in [-0.05, 0) is 24.0 Å². The third-order valence-corrected chi connectivity index (χ3v) is 5.43. The second-order valence-electron chi connectivity index (χ2n) is 8.58. The summed E-state index contributed by atoms with van der Waals surface area (Å²) in [5, 5.41) is 17.3. The van der Waals surface area contributed by atoms with E-state index in [2.05, 4.69) is 20.9 Å². The van der Waals surface area contributed by atoms with Gasteiger partial charge in [-0.2, -0.15) is 0 Å². The molecule has 12 heteroatoms. The van der Waals surface area contributed by atoms with Gasteiger partial charge in [-0.1, -0.05) is 32.0 Å². The van der Waals surface area contributed by atoms with Crippen molar-refractivity contribution < 1.29 is 29.1 Å². The number of H-pyrrole nitrogens is 1.